The number of hydrogen-bond donors (Lipinski definition) is 1. The second kappa shape index (κ2) is 5.47. The van der Waals surface area contributed by atoms with Crippen LogP contribution < -0.4 is 0 Å². The molecule has 0 bridgehead atoms. The minimum atomic E-state index is -3.34. The molecule has 3 atom stereocenters. The molecule has 0 spiro atoms. The minimum absolute atomic E-state index is 0.00604. The number of rotatable bonds is 4. The summed E-state index contributed by atoms with van der Waals surface area (Å²) in [5.74, 6) is -0.146. The zero-order valence-electron chi connectivity index (χ0n) is 11.1. The summed E-state index contributed by atoms with van der Waals surface area (Å²) in [5, 5.41) is 9.93. The zero-order valence-corrected chi connectivity index (χ0v) is 11.9. The predicted molar refractivity (Wildman–Crippen MR) is 75.6 cm³/mol. The number of aliphatic hydroxyl groups is 1. The Morgan fingerprint density at radius 3 is 2.53 bits per heavy atom. The third-order valence-corrected chi connectivity index (χ3v) is 5.75. The Hall–Kier alpha value is -1.13. The number of benzene rings is 1. The van der Waals surface area contributed by atoms with Gasteiger partial charge in [0.25, 0.3) is 0 Å². The lowest BCUT2D eigenvalue weighted by Crippen LogP contribution is -2.27. The fourth-order valence-electron chi connectivity index (χ4n) is 2.70. The maximum atomic E-state index is 12.4. The van der Waals surface area contributed by atoms with Crippen molar-refractivity contribution in [3.05, 3.63) is 42.5 Å². The molecule has 1 saturated carbocycles. The van der Waals surface area contributed by atoms with Gasteiger partial charge in [0.15, 0.2) is 9.84 Å². The first-order valence-electron chi connectivity index (χ1n) is 6.54. The maximum Gasteiger partial charge on any atom is 0.178 e. The molecule has 3 nitrogen and oxygen atoms in total. The summed E-state index contributed by atoms with van der Waals surface area (Å²) in [7, 11) is -3.34. The Balaban J connectivity index is 2.21. The van der Waals surface area contributed by atoms with Crippen molar-refractivity contribution in [1.82, 2.24) is 0 Å². The first-order chi connectivity index (χ1) is 8.94. The highest BCUT2D eigenvalue weighted by Crippen LogP contribution is 2.35. The molecule has 1 aliphatic rings. The lowest BCUT2D eigenvalue weighted by molar-refractivity contribution is 0.135. The maximum absolute atomic E-state index is 12.4. The molecule has 104 valence electrons. The third-order valence-electron chi connectivity index (χ3n) is 3.93. The SMILES string of the molecule is C=C[C@H]1CC[C@H](O)[C@H]1CS(=O)(=O)c1ccc(C)cc1. The number of hydrogen-bond acceptors (Lipinski definition) is 3. The minimum Gasteiger partial charge on any atom is -0.393 e. The van der Waals surface area contributed by atoms with Crippen molar-refractivity contribution in [3.8, 4) is 0 Å². The van der Waals surface area contributed by atoms with Crippen molar-refractivity contribution in [3.63, 3.8) is 0 Å². The second-order valence-electron chi connectivity index (χ2n) is 5.30. The first-order valence-corrected chi connectivity index (χ1v) is 8.19. The third kappa shape index (κ3) is 3.07. The summed E-state index contributed by atoms with van der Waals surface area (Å²) >= 11 is 0. The van der Waals surface area contributed by atoms with E-state index >= 15 is 0 Å². The van der Waals surface area contributed by atoms with Gasteiger partial charge in [0.2, 0.25) is 0 Å². The van der Waals surface area contributed by atoms with Crippen LogP contribution in [0.25, 0.3) is 0 Å². The Kier molecular flexibility index (Phi) is 4.11. The molecule has 1 aromatic rings. The van der Waals surface area contributed by atoms with Crippen molar-refractivity contribution in [1.29, 1.82) is 0 Å². The standard InChI is InChI=1S/C15H20O3S/c1-3-12-6-9-15(16)14(12)10-19(17,18)13-7-4-11(2)5-8-13/h3-5,7-8,12,14-16H,1,6,9-10H2,2H3/t12-,14-,15-/m0/s1. The first kappa shape index (κ1) is 14.3. The summed E-state index contributed by atoms with van der Waals surface area (Å²) < 4.78 is 24.7. The number of aliphatic hydroxyl groups excluding tert-OH is 1. The van der Waals surface area contributed by atoms with Crippen LogP contribution in [-0.2, 0) is 9.84 Å². The van der Waals surface area contributed by atoms with Gasteiger partial charge in [-0.2, -0.15) is 0 Å². The van der Waals surface area contributed by atoms with E-state index in [0.29, 0.717) is 11.3 Å². The second-order valence-corrected chi connectivity index (χ2v) is 7.34. The molecule has 1 N–H and O–H groups in total. The van der Waals surface area contributed by atoms with E-state index in [4.69, 9.17) is 0 Å². The largest absolute Gasteiger partial charge is 0.393 e. The lowest BCUT2D eigenvalue weighted by atomic mass is 9.97. The molecule has 0 aliphatic heterocycles. The molecule has 1 aromatic carbocycles. The van der Waals surface area contributed by atoms with Gasteiger partial charge < -0.3 is 5.11 Å². The molecule has 4 heteroatoms. The van der Waals surface area contributed by atoms with E-state index < -0.39 is 15.9 Å². The summed E-state index contributed by atoms with van der Waals surface area (Å²) in [5.41, 5.74) is 1.03. The summed E-state index contributed by atoms with van der Waals surface area (Å²) in [6.45, 7) is 5.66. The molecular weight excluding hydrogens is 260 g/mol. The fourth-order valence-corrected chi connectivity index (χ4v) is 4.42. The normalized spacial score (nSPS) is 27.4. The van der Waals surface area contributed by atoms with Crippen LogP contribution in [0.5, 0.6) is 0 Å². The molecule has 19 heavy (non-hydrogen) atoms. The van der Waals surface area contributed by atoms with Crippen LogP contribution in [0.1, 0.15) is 18.4 Å². The van der Waals surface area contributed by atoms with Crippen molar-refractivity contribution >= 4 is 9.84 Å². The predicted octanol–water partition coefficient (Wildman–Crippen LogP) is 2.34. The molecular formula is C15H20O3S. The topological polar surface area (TPSA) is 54.4 Å². The lowest BCUT2D eigenvalue weighted by Gasteiger charge is -2.19. The van der Waals surface area contributed by atoms with E-state index in [1.807, 2.05) is 6.92 Å². The molecule has 1 fully saturated rings. The number of sulfone groups is 1. The molecule has 0 saturated heterocycles. The van der Waals surface area contributed by atoms with Crippen LogP contribution >= 0.6 is 0 Å². The highest BCUT2D eigenvalue weighted by Gasteiger charge is 2.36. The Bertz CT molecular complexity index is 545. The summed E-state index contributed by atoms with van der Waals surface area (Å²) in [6.07, 6.45) is 2.71. The van der Waals surface area contributed by atoms with E-state index in [1.165, 1.54) is 0 Å². The number of aryl methyl sites for hydroxylation is 1. The van der Waals surface area contributed by atoms with Gasteiger partial charge in [-0.25, -0.2) is 8.42 Å². The molecule has 2 rings (SSSR count). The molecule has 0 radical (unpaired) electrons. The van der Waals surface area contributed by atoms with Crippen molar-refractivity contribution in [2.24, 2.45) is 11.8 Å². The van der Waals surface area contributed by atoms with Crippen LogP contribution in [0.3, 0.4) is 0 Å². The van der Waals surface area contributed by atoms with Gasteiger partial charge in [-0.05, 0) is 37.8 Å². The van der Waals surface area contributed by atoms with E-state index in [-0.39, 0.29) is 17.6 Å². The van der Waals surface area contributed by atoms with Gasteiger partial charge in [-0.1, -0.05) is 23.8 Å². The monoisotopic (exact) mass is 280 g/mol. The van der Waals surface area contributed by atoms with E-state index in [2.05, 4.69) is 6.58 Å². The van der Waals surface area contributed by atoms with Crippen molar-refractivity contribution in [2.45, 2.75) is 30.8 Å². The van der Waals surface area contributed by atoms with Gasteiger partial charge in [0.05, 0.1) is 16.8 Å². The average Bonchev–Trinajstić information content (AvgIpc) is 2.70. The van der Waals surface area contributed by atoms with Crippen LogP contribution in [0.4, 0.5) is 0 Å². The van der Waals surface area contributed by atoms with E-state index in [0.717, 1.165) is 12.0 Å². The Labute approximate surface area is 114 Å². The fraction of sp³-hybridized carbons (Fsp3) is 0.467. The van der Waals surface area contributed by atoms with Crippen LogP contribution in [0.15, 0.2) is 41.8 Å². The number of allylic oxidation sites excluding steroid dienone is 1. The molecule has 0 heterocycles. The quantitative estimate of drug-likeness (QED) is 0.861. The van der Waals surface area contributed by atoms with Gasteiger partial charge in [-0.3, -0.25) is 0 Å². The Morgan fingerprint density at radius 1 is 1.32 bits per heavy atom. The molecule has 0 amide bonds. The average molecular weight is 280 g/mol. The van der Waals surface area contributed by atoms with Gasteiger partial charge in [-0.15, -0.1) is 6.58 Å². The molecule has 0 unspecified atom stereocenters. The van der Waals surface area contributed by atoms with Crippen molar-refractivity contribution < 1.29 is 13.5 Å². The molecule has 1 aliphatic carbocycles. The van der Waals surface area contributed by atoms with Gasteiger partial charge >= 0.3 is 0 Å². The smallest absolute Gasteiger partial charge is 0.178 e. The summed E-state index contributed by atoms with van der Waals surface area (Å²) in [4.78, 5) is 0.333. The highest BCUT2D eigenvalue weighted by atomic mass is 32.2. The zero-order chi connectivity index (χ0) is 14.0. The van der Waals surface area contributed by atoms with Gasteiger partial charge in [0, 0.05) is 5.92 Å². The van der Waals surface area contributed by atoms with Gasteiger partial charge in [0.1, 0.15) is 0 Å². The highest BCUT2D eigenvalue weighted by molar-refractivity contribution is 7.91. The van der Waals surface area contributed by atoms with Crippen LogP contribution in [0, 0.1) is 18.8 Å². The Morgan fingerprint density at radius 2 is 1.95 bits per heavy atom. The van der Waals surface area contributed by atoms with Crippen LogP contribution in [0.2, 0.25) is 0 Å². The van der Waals surface area contributed by atoms with E-state index in [1.54, 1.807) is 30.3 Å². The van der Waals surface area contributed by atoms with E-state index in [9.17, 15) is 13.5 Å². The van der Waals surface area contributed by atoms with Crippen molar-refractivity contribution in [2.75, 3.05) is 5.75 Å². The molecule has 0 aromatic heterocycles. The van der Waals surface area contributed by atoms with Crippen LogP contribution in [-0.4, -0.2) is 25.4 Å². The summed E-state index contributed by atoms with van der Waals surface area (Å²) in [6, 6.07) is 6.86.